The van der Waals surface area contributed by atoms with E-state index in [2.05, 4.69) is 11.9 Å². The average Bonchev–Trinajstić information content (AvgIpc) is 2.44. The second-order valence-electron chi connectivity index (χ2n) is 4.79. The molecule has 1 aromatic carbocycles. The number of nitrogens with one attached hydrogen (secondary N) is 1. The molecule has 0 aromatic heterocycles. The first kappa shape index (κ1) is 22.5. The Balaban J connectivity index is 0.00000242. The molecule has 0 radical (unpaired) electrons. The van der Waals surface area contributed by atoms with Gasteiger partial charge in [0.25, 0.3) is 0 Å². The minimum atomic E-state index is -4.64. The van der Waals surface area contributed by atoms with Gasteiger partial charge in [0, 0.05) is 31.7 Å². The van der Waals surface area contributed by atoms with Gasteiger partial charge < -0.3 is 5.32 Å². The van der Waals surface area contributed by atoms with Crippen molar-refractivity contribution in [2.75, 3.05) is 26.2 Å². The summed E-state index contributed by atoms with van der Waals surface area (Å²) in [6.07, 6.45) is -3.31. The molecule has 1 fully saturated rings. The molecule has 0 amide bonds. The number of rotatable bonds is 3. The lowest BCUT2D eigenvalue weighted by Gasteiger charge is -2.34. The molecule has 0 spiro atoms. The predicted octanol–water partition coefficient (Wildman–Crippen LogP) is 4.47. The first-order valence-corrected chi connectivity index (χ1v) is 6.86. The molecule has 0 saturated carbocycles. The molecule has 0 unspecified atom stereocenters. The number of benzene rings is 1. The van der Waals surface area contributed by atoms with Gasteiger partial charge in [-0.3, -0.25) is 4.90 Å². The van der Waals surface area contributed by atoms with Crippen LogP contribution in [0.25, 0.3) is 0 Å². The molecular formula is C14H17Cl3F4N2. The molecule has 1 N–H and O–H groups in total. The van der Waals surface area contributed by atoms with Crippen LogP contribution in [0.4, 0.5) is 17.6 Å². The van der Waals surface area contributed by atoms with E-state index in [1.807, 2.05) is 0 Å². The highest BCUT2D eigenvalue weighted by Crippen LogP contribution is 2.40. The lowest BCUT2D eigenvalue weighted by molar-refractivity contribution is -0.138. The van der Waals surface area contributed by atoms with Crippen LogP contribution < -0.4 is 5.32 Å². The predicted molar refractivity (Wildman–Crippen MR) is 88.3 cm³/mol. The van der Waals surface area contributed by atoms with Crippen molar-refractivity contribution in [2.45, 2.75) is 12.2 Å². The van der Waals surface area contributed by atoms with E-state index in [1.54, 1.807) is 4.90 Å². The maximum atomic E-state index is 14.3. The van der Waals surface area contributed by atoms with Crippen LogP contribution in [-0.4, -0.2) is 31.1 Å². The van der Waals surface area contributed by atoms with Gasteiger partial charge in [-0.15, -0.1) is 31.4 Å². The van der Waals surface area contributed by atoms with E-state index in [-0.39, 0.29) is 29.8 Å². The molecule has 0 bridgehead atoms. The summed E-state index contributed by atoms with van der Waals surface area (Å²) in [7, 11) is 0. The van der Waals surface area contributed by atoms with Crippen molar-refractivity contribution in [1.29, 1.82) is 0 Å². The zero-order valence-corrected chi connectivity index (χ0v) is 14.4. The fraction of sp³-hybridized carbons (Fsp3) is 0.429. The molecule has 1 aliphatic heterocycles. The number of hydrogen-bond donors (Lipinski definition) is 1. The molecule has 2 nitrogen and oxygen atoms in total. The number of halogens is 7. The first-order chi connectivity index (χ1) is 9.86. The molecule has 23 heavy (non-hydrogen) atoms. The number of nitrogens with zero attached hydrogens (tertiary/aromatic N) is 1. The summed E-state index contributed by atoms with van der Waals surface area (Å²) in [5.41, 5.74) is -1.46. The Labute approximate surface area is 149 Å². The zero-order chi connectivity index (χ0) is 15.6. The number of hydrogen-bond acceptors (Lipinski definition) is 2. The molecule has 2 rings (SSSR count). The van der Waals surface area contributed by atoms with Crippen LogP contribution in [0.3, 0.4) is 0 Å². The highest BCUT2D eigenvalue weighted by molar-refractivity contribution is 6.30. The van der Waals surface area contributed by atoms with Gasteiger partial charge in [-0.25, -0.2) is 4.39 Å². The van der Waals surface area contributed by atoms with Crippen molar-refractivity contribution in [2.24, 2.45) is 0 Å². The highest BCUT2D eigenvalue weighted by atomic mass is 35.5. The lowest BCUT2D eigenvalue weighted by atomic mass is 9.97. The highest BCUT2D eigenvalue weighted by Gasteiger charge is 2.38. The maximum absolute atomic E-state index is 14.3. The second-order valence-corrected chi connectivity index (χ2v) is 5.19. The molecule has 1 aliphatic rings. The third kappa shape index (κ3) is 4.97. The van der Waals surface area contributed by atoms with Crippen molar-refractivity contribution in [1.82, 2.24) is 10.2 Å². The van der Waals surface area contributed by atoms with E-state index in [0.29, 0.717) is 26.2 Å². The Morgan fingerprint density at radius 2 is 1.78 bits per heavy atom. The van der Waals surface area contributed by atoms with Gasteiger partial charge in [-0.2, -0.15) is 13.2 Å². The maximum Gasteiger partial charge on any atom is 0.416 e. The SMILES string of the molecule is C=C[C@@H](c1c(C(F)(F)F)ccc(Cl)c1F)N1CCNCC1.Cl.Cl. The van der Waals surface area contributed by atoms with Gasteiger partial charge in [0.1, 0.15) is 5.82 Å². The molecule has 1 atom stereocenters. The van der Waals surface area contributed by atoms with E-state index in [9.17, 15) is 17.6 Å². The minimum absolute atomic E-state index is 0. The molecule has 1 heterocycles. The summed E-state index contributed by atoms with van der Waals surface area (Å²) in [4.78, 5) is 1.76. The van der Waals surface area contributed by atoms with Crippen LogP contribution in [0.2, 0.25) is 5.02 Å². The van der Waals surface area contributed by atoms with Crippen LogP contribution in [0.1, 0.15) is 17.2 Å². The molecule has 1 aromatic rings. The summed E-state index contributed by atoms with van der Waals surface area (Å²) in [5, 5.41) is 2.78. The minimum Gasteiger partial charge on any atom is -0.314 e. The number of alkyl halides is 3. The van der Waals surface area contributed by atoms with E-state index < -0.39 is 29.2 Å². The fourth-order valence-electron chi connectivity index (χ4n) is 2.51. The van der Waals surface area contributed by atoms with Gasteiger partial charge >= 0.3 is 6.18 Å². The van der Waals surface area contributed by atoms with Crippen molar-refractivity contribution in [3.05, 3.63) is 46.8 Å². The Hall–Kier alpha value is -0.530. The van der Waals surface area contributed by atoms with Crippen molar-refractivity contribution in [3.63, 3.8) is 0 Å². The van der Waals surface area contributed by atoms with Crippen molar-refractivity contribution >= 4 is 36.4 Å². The largest absolute Gasteiger partial charge is 0.416 e. The van der Waals surface area contributed by atoms with Crippen LogP contribution >= 0.6 is 36.4 Å². The third-order valence-corrected chi connectivity index (χ3v) is 3.79. The standard InChI is InChI=1S/C14H15ClF4N2.2ClH/c1-2-11(21-7-5-20-6-8-21)12-9(14(17,18)19)3-4-10(15)13(12)16;;/h2-4,11,20H,1,5-8H2;2*1H/t11-;;/m0../s1. The monoisotopic (exact) mass is 394 g/mol. The molecule has 9 heteroatoms. The summed E-state index contributed by atoms with van der Waals surface area (Å²) in [6, 6.07) is 0.892. The summed E-state index contributed by atoms with van der Waals surface area (Å²) in [5.74, 6) is -1.03. The van der Waals surface area contributed by atoms with E-state index in [1.165, 1.54) is 6.08 Å². The topological polar surface area (TPSA) is 15.3 Å². The van der Waals surface area contributed by atoms with E-state index in [4.69, 9.17) is 11.6 Å². The number of piperazine rings is 1. The van der Waals surface area contributed by atoms with Crippen LogP contribution in [-0.2, 0) is 6.18 Å². The fourth-order valence-corrected chi connectivity index (χ4v) is 2.68. The Bertz CT molecular complexity index is 531. The molecular weight excluding hydrogens is 379 g/mol. The van der Waals surface area contributed by atoms with Crippen LogP contribution in [0.15, 0.2) is 24.8 Å². The quantitative estimate of drug-likeness (QED) is 0.600. The van der Waals surface area contributed by atoms with Gasteiger partial charge in [-0.1, -0.05) is 17.7 Å². The van der Waals surface area contributed by atoms with Crippen molar-refractivity contribution in [3.8, 4) is 0 Å². The first-order valence-electron chi connectivity index (χ1n) is 6.48. The summed E-state index contributed by atoms with van der Waals surface area (Å²) < 4.78 is 53.7. The third-order valence-electron chi connectivity index (χ3n) is 3.50. The Morgan fingerprint density at radius 1 is 1.22 bits per heavy atom. The van der Waals surface area contributed by atoms with Gasteiger partial charge in [0.15, 0.2) is 0 Å². The average molecular weight is 396 g/mol. The van der Waals surface area contributed by atoms with Crippen LogP contribution in [0, 0.1) is 5.82 Å². The smallest absolute Gasteiger partial charge is 0.314 e. The van der Waals surface area contributed by atoms with E-state index in [0.717, 1.165) is 12.1 Å². The van der Waals surface area contributed by atoms with Crippen LogP contribution in [0.5, 0.6) is 0 Å². The normalized spacial score (nSPS) is 16.9. The van der Waals surface area contributed by atoms with Gasteiger partial charge in [-0.05, 0) is 12.1 Å². The Morgan fingerprint density at radius 3 is 2.26 bits per heavy atom. The van der Waals surface area contributed by atoms with Crippen molar-refractivity contribution < 1.29 is 17.6 Å². The molecule has 132 valence electrons. The lowest BCUT2D eigenvalue weighted by Crippen LogP contribution is -2.45. The summed E-state index contributed by atoms with van der Waals surface area (Å²) >= 11 is 5.67. The zero-order valence-electron chi connectivity index (χ0n) is 12.0. The van der Waals surface area contributed by atoms with Gasteiger partial charge in [0.05, 0.1) is 16.6 Å². The Kier molecular flexibility index (Phi) is 8.87. The van der Waals surface area contributed by atoms with Gasteiger partial charge in [0.2, 0.25) is 0 Å². The molecule has 0 aliphatic carbocycles. The summed E-state index contributed by atoms with van der Waals surface area (Å²) in [6.45, 7) is 5.86. The second kappa shape index (κ2) is 9.08. The van der Waals surface area contributed by atoms with E-state index >= 15 is 0 Å². The molecule has 1 saturated heterocycles.